The molecule has 5 heteroatoms. The van der Waals surface area contributed by atoms with E-state index >= 15 is 0 Å². The lowest BCUT2D eigenvalue weighted by atomic mass is 10.1. The lowest BCUT2D eigenvalue weighted by Gasteiger charge is -2.18. The van der Waals surface area contributed by atoms with Crippen LogP contribution in [0.5, 0.6) is 5.75 Å². The van der Waals surface area contributed by atoms with Gasteiger partial charge in [-0.15, -0.1) is 0 Å². The second-order valence-electron chi connectivity index (χ2n) is 5.71. The molecule has 0 heterocycles. The standard InChI is InChI=1S/C19H24N2O3/c1-14(16-6-4-3-5-7-16)20-12-18(23)13-24-19-10-8-17(9-11-19)21-15(2)22/h3-11,14,18,20,23H,12-13H2,1-2H3,(H,21,22)/t14-,18+/m0/s1. The number of aliphatic hydroxyl groups excluding tert-OH is 1. The first kappa shape index (κ1) is 18.0. The average molecular weight is 328 g/mol. The van der Waals surface area contributed by atoms with Crippen molar-refractivity contribution in [3.8, 4) is 5.75 Å². The van der Waals surface area contributed by atoms with Crippen molar-refractivity contribution in [2.75, 3.05) is 18.5 Å². The molecule has 24 heavy (non-hydrogen) atoms. The van der Waals surface area contributed by atoms with Crippen molar-refractivity contribution in [2.24, 2.45) is 0 Å². The number of nitrogens with one attached hydrogen (secondary N) is 2. The van der Waals surface area contributed by atoms with Crippen molar-refractivity contribution in [3.05, 3.63) is 60.2 Å². The number of ether oxygens (including phenoxy) is 1. The Hall–Kier alpha value is -2.37. The summed E-state index contributed by atoms with van der Waals surface area (Å²) in [6, 6.07) is 17.3. The van der Waals surface area contributed by atoms with Crippen LogP contribution in [0.25, 0.3) is 0 Å². The molecule has 2 aromatic rings. The SMILES string of the molecule is CC(=O)Nc1ccc(OC[C@H](O)CN[C@@H](C)c2ccccc2)cc1. The van der Waals surface area contributed by atoms with E-state index in [2.05, 4.69) is 29.7 Å². The molecule has 128 valence electrons. The van der Waals surface area contributed by atoms with Crippen molar-refractivity contribution < 1.29 is 14.6 Å². The van der Waals surface area contributed by atoms with E-state index in [0.29, 0.717) is 18.0 Å². The molecule has 0 aromatic heterocycles. The van der Waals surface area contributed by atoms with Crippen LogP contribution in [0.4, 0.5) is 5.69 Å². The van der Waals surface area contributed by atoms with Crippen LogP contribution < -0.4 is 15.4 Å². The van der Waals surface area contributed by atoms with Crippen LogP contribution in [0, 0.1) is 0 Å². The number of amides is 1. The number of rotatable bonds is 8. The minimum atomic E-state index is -0.605. The molecule has 0 unspecified atom stereocenters. The van der Waals surface area contributed by atoms with Crippen LogP contribution in [-0.2, 0) is 4.79 Å². The Morgan fingerprint density at radius 1 is 1.12 bits per heavy atom. The third-order valence-electron chi connectivity index (χ3n) is 3.58. The molecule has 0 saturated heterocycles. The maximum absolute atomic E-state index is 11.0. The monoisotopic (exact) mass is 328 g/mol. The molecule has 2 atom stereocenters. The van der Waals surface area contributed by atoms with E-state index in [1.807, 2.05) is 18.2 Å². The zero-order chi connectivity index (χ0) is 17.4. The fraction of sp³-hybridized carbons (Fsp3) is 0.316. The lowest BCUT2D eigenvalue weighted by Crippen LogP contribution is -2.33. The van der Waals surface area contributed by atoms with Gasteiger partial charge in [-0.1, -0.05) is 30.3 Å². The molecule has 5 nitrogen and oxygen atoms in total. The van der Waals surface area contributed by atoms with Gasteiger partial charge in [-0.2, -0.15) is 0 Å². The van der Waals surface area contributed by atoms with Gasteiger partial charge in [0.2, 0.25) is 5.91 Å². The first-order valence-electron chi connectivity index (χ1n) is 8.01. The Kier molecular flexibility index (Phi) is 6.78. The largest absolute Gasteiger partial charge is 0.491 e. The molecule has 3 N–H and O–H groups in total. The highest BCUT2D eigenvalue weighted by molar-refractivity contribution is 5.88. The molecule has 2 aromatic carbocycles. The molecule has 0 fully saturated rings. The number of hydrogen-bond acceptors (Lipinski definition) is 4. The Bertz CT molecular complexity index is 629. The molecule has 2 rings (SSSR count). The van der Waals surface area contributed by atoms with Gasteiger partial charge in [0.25, 0.3) is 0 Å². The van der Waals surface area contributed by atoms with Gasteiger partial charge in [0.1, 0.15) is 18.5 Å². The Morgan fingerprint density at radius 3 is 2.42 bits per heavy atom. The minimum Gasteiger partial charge on any atom is -0.491 e. The normalized spacial score (nSPS) is 13.1. The summed E-state index contributed by atoms with van der Waals surface area (Å²) in [6.07, 6.45) is -0.605. The van der Waals surface area contributed by atoms with Gasteiger partial charge >= 0.3 is 0 Å². The van der Waals surface area contributed by atoms with Gasteiger partial charge in [-0.25, -0.2) is 0 Å². The molecule has 0 aliphatic heterocycles. The highest BCUT2D eigenvalue weighted by Gasteiger charge is 2.09. The van der Waals surface area contributed by atoms with E-state index in [1.54, 1.807) is 24.3 Å². The van der Waals surface area contributed by atoms with Crippen LogP contribution in [0.3, 0.4) is 0 Å². The number of hydrogen-bond donors (Lipinski definition) is 3. The fourth-order valence-corrected chi connectivity index (χ4v) is 2.26. The third kappa shape index (κ3) is 6.02. The summed E-state index contributed by atoms with van der Waals surface area (Å²) < 4.78 is 5.56. The van der Waals surface area contributed by atoms with Gasteiger partial charge in [-0.3, -0.25) is 4.79 Å². The summed E-state index contributed by atoms with van der Waals surface area (Å²) in [6.45, 7) is 4.17. The van der Waals surface area contributed by atoms with Crippen LogP contribution in [0.2, 0.25) is 0 Å². The number of anilines is 1. The molecule has 0 radical (unpaired) electrons. The number of benzene rings is 2. The Balaban J connectivity index is 1.72. The maximum atomic E-state index is 11.0. The lowest BCUT2D eigenvalue weighted by molar-refractivity contribution is -0.114. The van der Waals surface area contributed by atoms with Gasteiger partial charge in [0.05, 0.1) is 0 Å². The van der Waals surface area contributed by atoms with E-state index < -0.39 is 6.10 Å². The van der Waals surface area contributed by atoms with Crippen molar-refractivity contribution >= 4 is 11.6 Å². The highest BCUT2D eigenvalue weighted by Crippen LogP contribution is 2.16. The minimum absolute atomic E-state index is 0.113. The van der Waals surface area contributed by atoms with Crippen molar-refractivity contribution in [3.63, 3.8) is 0 Å². The molecule has 1 amide bonds. The molecule has 0 aliphatic carbocycles. The van der Waals surface area contributed by atoms with E-state index in [9.17, 15) is 9.90 Å². The van der Waals surface area contributed by atoms with Crippen LogP contribution >= 0.6 is 0 Å². The predicted octanol–water partition coefficient (Wildman–Crippen LogP) is 2.74. The summed E-state index contributed by atoms with van der Waals surface area (Å²) >= 11 is 0. The predicted molar refractivity (Wildman–Crippen MR) is 95.1 cm³/mol. The van der Waals surface area contributed by atoms with Gasteiger partial charge in [-0.05, 0) is 36.8 Å². The molecule has 0 spiro atoms. The summed E-state index contributed by atoms with van der Waals surface area (Å²) in [4.78, 5) is 11.0. The summed E-state index contributed by atoms with van der Waals surface area (Å²) in [5.74, 6) is 0.539. The molecular weight excluding hydrogens is 304 g/mol. The van der Waals surface area contributed by atoms with E-state index in [0.717, 1.165) is 0 Å². The van der Waals surface area contributed by atoms with Crippen molar-refractivity contribution in [1.29, 1.82) is 0 Å². The Labute approximate surface area is 142 Å². The van der Waals surface area contributed by atoms with Crippen LogP contribution in [-0.4, -0.2) is 30.3 Å². The molecule has 0 saturated carbocycles. The first-order valence-corrected chi connectivity index (χ1v) is 8.01. The zero-order valence-electron chi connectivity index (χ0n) is 14.0. The van der Waals surface area contributed by atoms with Gasteiger partial charge < -0.3 is 20.5 Å². The second kappa shape index (κ2) is 9.05. The topological polar surface area (TPSA) is 70.6 Å². The molecular formula is C19H24N2O3. The van der Waals surface area contributed by atoms with Crippen LogP contribution in [0.15, 0.2) is 54.6 Å². The third-order valence-corrected chi connectivity index (χ3v) is 3.58. The number of aliphatic hydroxyl groups is 1. The number of carbonyl (C=O) groups is 1. The van der Waals surface area contributed by atoms with E-state index in [-0.39, 0.29) is 18.6 Å². The number of carbonyl (C=O) groups excluding carboxylic acids is 1. The van der Waals surface area contributed by atoms with Crippen molar-refractivity contribution in [1.82, 2.24) is 5.32 Å². The maximum Gasteiger partial charge on any atom is 0.221 e. The van der Waals surface area contributed by atoms with Gasteiger partial charge in [0, 0.05) is 25.2 Å². The highest BCUT2D eigenvalue weighted by atomic mass is 16.5. The van der Waals surface area contributed by atoms with E-state index in [1.165, 1.54) is 12.5 Å². The first-order chi connectivity index (χ1) is 11.5. The second-order valence-corrected chi connectivity index (χ2v) is 5.71. The quantitative estimate of drug-likeness (QED) is 0.697. The summed E-state index contributed by atoms with van der Waals surface area (Å²) in [5.41, 5.74) is 1.90. The summed E-state index contributed by atoms with van der Waals surface area (Å²) in [5, 5.41) is 16.0. The average Bonchev–Trinajstić information content (AvgIpc) is 2.59. The smallest absolute Gasteiger partial charge is 0.221 e. The van der Waals surface area contributed by atoms with Gasteiger partial charge in [0.15, 0.2) is 0 Å². The fourth-order valence-electron chi connectivity index (χ4n) is 2.26. The van der Waals surface area contributed by atoms with E-state index in [4.69, 9.17) is 4.74 Å². The summed E-state index contributed by atoms with van der Waals surface area (Å²) in [7, 11) is 0. The zero-order valence-corrected chi connectivity index (χ0v) is 14.0. The van der Waals surface area contributed by atoms with Crippen molar-refractivity contribution in [2.45, 2.75) is 26.0 Å². The van der Waals surface area contributed by atoms with Crippen LogP contribution in [0.1, 0.15) is 25.5 Å². The Morgan fingerprint density at radius 2 is 1.79 bits per heavy atom. The molecule has 0 bridgehead atoms. The molecule has 0 aliphatic rings.